The van der Waals surface area contributed by atoms with Gasteiger partial charge in [0.1, 0.15) is 6.54 Å². The smallest absolute Gasteiger partial charge is 0.485 e. The van der Waals surface area contributed by atoms with E-state index >= 15 is 0 Å². The molecular weight excluding hydrogens is 343 g/mol. The van der Waals surface area contributed by atoms with Crippen molar-refractivity contribution in [2.45, 2.75) is 70.8 Å². The van der Waals surface area contributed by atoms with E-state index in [2.05, 4.69) is 42.8 Å². The summed E-state index contributed by atoms with van der Waals surface area (Å²) in [7, 11) is -6.09. The minimum Gasteiger partial charge on any atom is -0.741 e. The number of hydrogen-bond donors (Lipinski definition) is 0. The molecule has 0 bridgehead atoms. The van der Waals surface area contributed by atoms with Gasteiger partial charge in [-0.3, -0.25) is 0 Å². The Kier molecular flexibility index (Phi) is 10.9. The monoisotopic (exact) mass is 369 g/mol. The Morgan fingerprint density at radius 2 is 1.62 bits per heavy atom. The third-order valence-electron chi connectivity index (χ3n) is 3.33. The van der Waals surface area contributed by atoms with Gasteiger partial charge in [-0.15, -0.1) is 0 Å². The van der Waals surface area contributed by atoms with Gasteiger partial charge in [0.05, 0.1) is 0 Å². The first-order valence-corrected chi connectivity index (χ1v) is 9.53. The summed E-state index contributed by atoms with van der Waals surface area (Å²) in [5.74, 6) is 0. The number of aromatic nitrogens is 1. The fourth-order valence-electron chi connectivity index (χ4n) is 2.10. The minimum absolute atomic E-state index is 1.19. The highest BCUT2D eigenvalue weighted by Gasteiger charge is 2.36. The summed E-state index contributed by atoms with van der Waals surface area (Å²) in [4.78, 5) is 0. The number of aryl methyl sites for hydroxylation is 2. The Hall–Kier alpha value is -1.15. The lowest BCUT2D eigenvalue weighted by atomic mass is 10.1. The SMILES string of the molecule is CCCCCCC[n+]1ccccc1CCC.O=S(=O)([O-])C(F)(F)F. The number of rotatable bonds is 8. The van der Waals surface area contributed by atoms with E-state index in [-0.39, 0.29) is 0 Å². The summed E-state index contributed by atoms with van der Waals surface area (Å²) < 4.78 is 61.3. The Bertz CT molecular complexity index is 560. The summed E-state index contributed by atoms with van der Waals surface area (Å²) in [6.07, 6.45) is 11.5. The largest absolute Gasteiger partial charge is 0.741 e. The molecule has 0 aliphatic heterocycles. The van der Waals surface area contributed by atoms with Crippen LogP contribution in [0.2, 0.25) is 0 Å². The van der Waals surface area contributed by atoms with Gasteiger partial charge in [0, 0.05) is 25.0 Å². The van der Waals surface area contributed by atoms with Crippen LogP contribution in [0.1, 0.15) is 58.1 Å². The van der Waals surface area contributed by atoms with E-state index in [0.29, 0.717) is 0 Å². The molecule has 0 amide bonds. The second-order valence-corrected chi connectivity index (χ2v) is 6.82. The molecule has 0 N–H and O–H groups in total. The fraction of sp³-hybridized carbons (Fsp3) is 0.688. The zero-order valence-corrected chi connectivity index (χ0v) is 15.0. The van der Waals surface area contributed by atoms with Gasteiger partial charge < -0.3 is 4.55 Å². The van der Waals surface area contributed by atoms with Crippen molar-refractivity contribution in [3.63, 3.8) is 0 Å². The topological polar surface area (TPSA) is 61.1 Å². The first-order valence-electron chi connectivity index (χ1n) is 8.13. The maximum absolute atomic E-state index is 10.7. The van der Waals surface area contributed by atoms with E-state index in [9.17, 15) is 13.2 Å². The number of nitrogens with zero attached hydrogens (tertiary/aromatic N) is 1. The maximum Gasteiger partial charge on any atom is 0.485 e. The maximum atomic E-state index is 10.7. The highest BCUT2D eigenvalue weighted by atomic mass is 32.2. The standard InChI is InChI=1S/C15H26N.CHF3O3S/c1-3-5-6-7-9-13-16-14-10-8-12-15(16)11-4-2;2-1(3,4)8(5,6)7/h8,10,12,14H,3-7,9,11,13H2,1-2H3;(H,5,6,7)/q+1;/p-1. The average Bonchev–Trinajstić information content (AvgIpc) is 2.47. The Balaban J connectivity index is 0.000000561. The molecule has 0 saturated carbocycles. The highest BCUT2D eigenvalue weighted by Crippen LogP contribution is 2.20. The number of unbranched alkanes of at least 4 members (excludes halogenated alkanes) is 4. The van der Waals surface area contributed by atoms with Crippen molar-refractivity contribution in [1.29, 1.82) is 0 Å². The molecule has 140 valence electrons. The van der Waals surface area contributed by atoms with Crippen LogP contribution in [-0.4, -0.2) is 18.5 Å². The number of alkyl halides is 3. The summed E-state index contributed by atoms with van der Waals surface area (Å²) in [5.41, 5.74) is -4.16. The van der Waals surface area contributed by atoms with E-state index in [1.165, 1.54) is 57.2 Å². The van der Waals surface area contributed by atoms with E-state index in [1.807, 2.05) is 0 Å². The molecule has 0 radical (unpaired) electrons. The van der Waals surface area contributed by atoms with Crippen molar-refractivity contribution in [3.05, 3.63) is 30.1 Å². The minimum atomic E-state index is -6.09. The molecule has 4 nitrogen and oxygen atoms in total. The second kappa shape index (κ2) is 11.4. The van der Waals surface area contributed by atoms with Gasteiger partial charge in [0.15, 0.2) is 22.0 Å². The molecule has 0 aromatic carbocycles. The number of hydrogen-bond acceptors (Lipinski definition) is 3. The van der Waals surface area contributed by atoms with E-state index in [4.69, 9.17) is 13.0 Å². The lowest BCUT2D eigenvalue weighted by Crippen LogP contribution is -2.37. The van der Waals surface area contributed by atoms with Crippen molar-refractivity contribution in [2.24, 2.45) is 0 Å². The van der Waals surface area contributed by atoms with Crippen molar-refractivity contribution >= 4 is 10.1 Å². The molecule has 0 unspecified atom stereocenters. The molecule has 0 spiro atoms. The normalized spacial score (nSPS) is 11.8. The molecule has 0 atom stereocenters. The Morgan fingerprint density at radius 3 is 2.12 bits per heavy atom. The van der Waals surface area contributed by atoms with Crippen LogP contribution in [0, 0.1) is 0 Å². The molecule has 0 fully saturated rings. The van der Waals surface area contributed by atoms with Gasteiger partial charge in [0.25, 0.3) is 0 Å². The van der Waals surface area contributed by atoms with E-state index in [0.717, 1.165) is 0 Å². The predicted octanol–water partition coefficient (Wildman–Crippen LogP) is 3.95. The van der Waals surface area contributed by atoms with E-state index < -0.39 is 15.6 Å². The predicted molar refractivity (Wildman–Crippen MR) is 85.1 cm³/mol. The van der Waals surface area contributed by atoms with Gasteiger partial charge in [-0.1, -0.05) is 39.2 Å². The molecular formula is C16H26F3NO3S. The molecule has 1 rings (SSSR count). The average molecular weight is 369 g/mol. The van der Waals surface area contributed by atoms with Crippen molar-refractivity contribution in [3.8, 4) is 0 Å². The summed E-state index contributed by atoms with van der Waals surface area (Å²) >= 11 is 0. The van der Waals surface area contributed by atoms with Crippen molar-refractivity contribution < 1.29 is 30.7 Å². The van der Waals surface area contributed by atoms with Gasteiger partial charge in [0.2, 0.25) is 0 Å². The van der Waals surface area contributed by atoms with Crippen LogP contribution in [0.4, 0.5) is 13.2 Å². The quantitative estimate of drug-likeness (QED) is 0.302. The Morgan fingerprint density at radius 1 is 1.04 bits per heavy atom. The van der Waals surface area contributed by atoms with Crippen molar-refractivity contribution in [1.82, 2.24) is 0 Å². The van der Waals surface area contributed by atoms with Crippen LogP contribution >= 0.6 is 0 Å². The fourth-order valence-corrected chi connectivity index (χ4v) is 2.10. The van der Waals surface area contributed by atoms with Crippen LogP contribution in [0.25, 0.3) is 0 Å². The molecule has 0 aliphatic rings. The molecule has 24 heavy (non-hydrogen) atoms. The Labute approximate surface area is 142 Å². The number of halogens is 3. The molecule has 0 aliphatic carbocycles. The third kappa shape index (κ3) is 9.87. The van der Waals surface area contributed by atoms with Crippen LogP contribution in [-0.2, 0) is 23.1 Å². The molecule has 1 aromatic rings. The van der Waals surface area contributed by atoms with Crippen LogP contribution in [0.15, 0.2) is 24.4 Å². The zero-order valence-electron chi connectivity index (χ0n) is 14.2. The van der Waals surface area contributed by atoms with Crippen LogP contribution in [0.5, 0.6) is 0 Å². The molecule has 1 heterocycles. The van der Waals surface area contributed by atoms with Crippen molar-refractivity contribution in [2.75, 3.05) is 0 Å². The van der Waals surface area contributed by atoms with Crippen LogP contribution < -0.4 is 4.57 Å². The van der Waals surface area contributed by atoms with E-state index in [1.54, 1.807) is 0 Å². The lowest BCUT2D eigenvalue weighted by Gasteiger charge is -2.08. The van der Waals surface area contributed by atoms with Gasteiger partial charge in [-0.2, -0.15) is 13.2 Å². The molecule has 0 saturated heterocycles. The summed E-state index contributed by atoms with van der Waals surface area (Å²) in [5, 5.41) is 0. The number of pyridine rings is 1. The van der Waals surface area contributed by atoms with Gasteiger partial charge >= 0.3 is 5.51 Å². The summed E-state index contributed by atoms with van der Waals surface area (Å²) in [6, 6.07) is 6.55. The van der Waals surface area contributed by atoms with Crippen LogP contribution in [0.3, 0.4) is 0 Å². The van der Waals surface area contributed by atoms with Gasteiger partial charge in [-0.25, -0.2) is 13.0 Å². The zero-order chi connectivity index (χ0) is 18.6. The van der Waals surface area contributed by atoms with Gasteiger partial charge in [-0.05, 0) is 12.8 Å². The molecule has 8 heteroatoms. The second-order valence-electron chi connectivity index (χ2n) is 5.45. The third-order valence-corrected chi connectivity index (χ3v) is 3.89. The highest BCUT2D eigenvalue weighted by molar-refractivity contribution is 7.86. The first-order chi connectivity index (χ1) is 11.1. The lowest BCUT2D eigenvalue weighted by molar-refractivity contribution is -0.704. The molecule has 1 aromatic heterocycles. The first kappa shape index (κ1) is 22.9. The summed E-state index contributed by atoms with van der Waals surface area (Å²) in [6.45, 7) is 5.71.